The molecule has 0 amide bonds. The first kappa shape index (κ1) is 25.9. The molecule has 0 saturated heterocycles. The van der Waals surface area contributed by atoms with Crippen LogP contribution in [0.2, 0.25) is 0 Å². The van der Waals surface area contributed by atoms with Crippen molar-refractivity contribution >= 4 is 67.4 Å². The maximum atomic E-state index is 2.28. The minimum Gasteiger partial charge on any atom is -0.0616 e. The molecule has 0 fully saturated rings. The zero-order valence-electron chi connectivity index (χ0n) is 24.3. The maximum Gasteiger partial charge on any atom is -0.0172 e. The van der Waals surface area contributed by atoms with E-state index >= 15 is 0 Å². The van der Waals surface area contributed by atoms with Gasteiger partial charge in [0.2, 0.25) is 0 Å². The molecular weight excluding hydrogens is 528 g/mol. The van der Waals surface area contributed by atoms with Gasteiger partial charge < -0.3 is 0 Å². The summed E-state index contributed by atoms with van der Waals surface area (Å²) in [5, 5.41) is 10.2. The van der Waals surface area contributed by atoms with E-state index in [1.165, 1.54) is 76.5 Å². The summed E-state index contributed by atoms with van der Waals surface area (Å²) in [5.74, 6) is 0. The zero-order valence-corrected chi connectivity index (χ0v) is 24.3. The molecular formula is C44H30. The SMILES string of the molecule is C(=C\c1ccc2cc3ccccc3cc2c1)/c1ccc(-c2ccc(/C=C/c3ccc4cc5ccccc5cc4c3)cc2)cc1. The number of hydrogen-bond donors (Lipinski definition) is 0. The van der Waals surface area contributed by atoms with Gasteiger partial charge in [-0.2, -0.15) is 0 Å². The number of benzene rings is 8. The summed E-state index contributed by atoms with van der Waals surface area (Å²) in [6, 6.07) is 57.1. The van der Waals surface area contributed by atoms with Gasteiger partial charge >= 0.3 is 0 Å². The summed E-state index contributed by atoms with van der Waals surface area (Å²) >= 11 is 0. The van der Waals surface area contributed by atoms with E-state index in [0.29, 0.717) is 0 Å². The summed E-state index contributed by atoms with van der Waals surface area (Å²) in [6.07, 6.45) is 8.77. The van der Waals surface area contributed by atoms with Crippen molar-refractivity contribution in [2.24, 2.45) is 0 Å². The average Bonchev–Trinajstić information content (AvgIpc) is 3.08. The molecule has 0 aliphatic carbocycles. The van der Waals surface area contributed by atoms with Crippen LogP contribution in [0.15, 0.2) is 158 Å². The molecule has 0 heteroatoms. The van der Waals surface area contributed by atoms with Crippen LogP contribution in [0.1, 0.15) is 22.3 Å². The molecule has 0 unspecified atom stereocenters. The fourth-order valence-electron chi connectivity index (χ4n) is 6.08. The summed E-state index contributed by atoms with van der Waals surface area (Å²) in [7, 11) is 0. The minimum atomic E-state index is 1.19. The van der Waals surface area contributed by atoms with E-state index in [0.717, 1.165) is 0 Å². The van der Waals surface area contributed by atoms with Crippen LogP contribution in [0, 0.1) is 0 Å². The van der Waals surface area contributed by atoms with Crippen LogP contribution in [0.25, 0.3) is 78.5 Å². The molecule has 0 saturated carbocycles. The Balaban J connectivity index is 0.956. The van der Waals surface area contributed by atoms with Gasteiger partial charge in [0.25, 0.3) is 0 Å². The number of rotatable bonds is 5. The second kappa shape index (κ2) is 11.2. The lowest BCUT2D eigenvalue weighted by molar-refractivity contribution is 1.59. The van der Waals surface area contributed by atoms with E-state index in [2.05, 4.69) is 182 Å². The lowest BCUT2D eigenvalue weighted by Crippen LogP contribution is -1.81. The highest BCUT2D eigenvalue weighted by Gasteiger charge is 2.02. The summed E-state index contributed by atoms with van der Waals surface area (Å²) in [6.45, 7) is 0. The summed E-state index contributed by atoms with van der Waals surface area (Å²) in [5.41, 5.74) is 7.23. The van der Waals surface area contributed by atoms with Gasteiger partial charge in [-0.3, -0.25) is 0 Å². The van der Waals surface area contributed by atoms with Crippen molar-refractivity contribution in [1.29, 1.82) is 0 Å². The largest absolute Gasteiger partial charge is 0.0616 e. The lowest BCUT2D eigenvalue weighted by atomic mass is 10.00. The average molecular weight is 559 g/mol. The van der Waals surface area contributed by atoms with Gasteiger partial charge in [0.05, 0.1) is 0 Å². The van der Waals surface area contributed by atoms with Crippen molar-refractivity contribution in [1.82, 2.24) is 0 Å². The summed E-state index contributed by atoms with van der Waals surface area (Å²) < 4.78 is 0. The topological polar surface area (TPSA) is 0 Å². The Hall–Kier alpha value is -5.72. The molecule has 0 spiro atoms. The van der Waals surface area contributed by atoms with Crippen molar-refractivity contribution in [2.75, 3.05) is 0 Å². The standard InChI is InChI=1S/C44H30/c1-3-7-39-29-43-25-33(17-23-41(43)27-37(39)5-1)11-9-31-13-19-35(20-14-31)36-21-15-32(16-22-36)10-12-34-18-24-42-28-38-6-2-4-8-40(38)30-44(42)26-34/h1-30H/b11-9+,12-10+. The van der Waals surface area contributed by atoms with Crippen LogP contribution in [0.5, 0.6) is 0 Å². The molecule has 0 N–H and O–H groups in total. The van der Waals surface area contributed by atoms with Crippen molar-refractivity contribution in [2.45, 2.75) is 0 Å². The van der Waals surface area contributed by atoms with Crippen LogP contribution in [0.3, 0.4) is 0 Å². The van der Waals surface area contributed by atoms with E-state index in [1.54, 1.807) is 0 Å². The number of hydrogen-bond acceptors (Lipinski definition) is 0. The Morgan fingerprint density at radius 2 is 0.523 bits per heavy atom. The van der Waals surface area contributed by atoms with Crippen molar-refractivity contribution < 1.29 is 0 Å². The molecule has 0 radical (unpaired) electrons. The zero-order chi connectivity index (χ0) is 29.3. The van der Waals surface area contributed by atoms with E-state index in [4.69, 9.17) is 0 Å². The van der Waals surface area contributed by atoms with Crippen molar-refractivity contribution in [3.8, 4) is 11.1 Å². The fraction of sp³-hybridized carbons (Fsp3) is 0. The first-order valence-electron chi connectivity index (χ1n) is 15.2. The number of fused-ring (bicyclic) bond motifs is 4. The van der Waals surface area contributed by atoms with Gasteiger partial charge in [-0.1, -0.05) is 146 Å². The lowest BCUT2D eigenvalue weighted by Gasteiger charge is -2.05. The van der Waals surface area contributed by atoms with Crippen LogP contribution in [0.4, 0.5) is 0 Å². The molecule has 0 atom stereocenters. The van der Waals surface area contributed by atoms with Crippen molar-refractivity contribution in [3.63, 3.8) is 0 Å². The van der Waals surface area contributed by atoms with Crippen molar-refractivity contribution in [3.05, 3.63) is 180 Å². The molecule has 0 nitrogen and oxygen atoms in total. The monoisotopic (exact) mass is 558 g/mol. The molecule has 0 aliphatic rings. The molecule has 206 valence electrons. The smallest absolute Gasteiger partial charge is 0.0172 e. The van der Waals surface area contributed by atoms with Gasteiger partial charge in [-0.25, -0.2) is 0 Å². The maximum absolute atomic E-state index is 2.28. The normalized spacial score (nSPS) is 11.9. The molecule has 0 aliphatic heterocycles. The second-order valence-electron chi connectivity index (χ2n) is 11.5. The molecule has 8 aromatic carbocycles. The molecule has 0 heterocycles. The fourth-order valence-corrected chi connectivity index (χ4v) is 6.08. The molecule has 44 heavy (non-hydrogen) atoms. The van der Waals surface area contributed by atoms with E-state index in [1.807, 2.05) is 0 Å². The van der Waals surface area contributed by atoms with E-state index in [-0.39, 0.29) is 0 Å². The minimum absolute atomic E-state index is 1.19. The second-order valence-corrected chi connectivity index (χ2v) is 11.5. The first-order valence-corrected chi connectivity index (χ1v) is 15.2. The van der Waals surface area contributed by atoms with Gasteiger partial charge in [0.15, 0.2) is 0 Å². The molecule has 0 aromatic heterocycles. The highest BCUT2D eigenvalue weighted by Crippen LogP contribution is 2.27. The molecule has 8 rings (SSSR count). The van der Waals surface area contributed by atoms with E-state index in [9.17, 15) is 0 Å². The predicted octanol–water partition coefficient (Wildman–Crippen LogP) is 12.3. The Morgan fingerprint density at radius 1 is 0.227 bits per heavy atom. The van der Waals surface area contributed by atoms with Gasteiger partial charge in [-0.15, -0.1) is 0 Å². The Labute approximate surface area is 257 Å². The highest BCUT2D eigenvalue weighted by molar-refractivity contribution is 6.00. The van der Waals surface area contributed by atoms with Gasteiger partial charge in [-0.05, 0) is 113 Å². The van der Waals surface area contributed by atoms with Crippen LogP contribution < -0.4 is 0 Å². The van der Waals surface area contributed by atoms with Gasteiger partial charge in [0.1, 0.15) is 0 Å². The third kappa shape index (κ3) is 5.30. The predicted molar refractivity (Wildman–Crippen MR) is 193 cm³/mol. The molecule has 8 aromatic rings. The van der Waals surface area contributed by atoms with E-state index < -0.39 is 0 Å². The third-order valence-electron chi connectivity index (χ3n) is 8.55. The Morgan fingerprint density at radius 3 is 0.909 bits per heavy atom. The quantitative estimate of drug-likeness (QED) is 0.146. The van der Waals surface area contributed by atoms with Crippen LogP contribution in [-0.2, 0) is 0 Å². The van der Waals surface area contributed by atoms with Gasteiger partial charge in [0, 0.05) is 0 Å². The van der Waals surface area contributed by atoms with Crippen LogP contribution in [-0.4, -0.2) is 0 Å². The Bertz CT molecular complexity index is 2180. The Kier molecular flexibility index (Phi) is 6.59. The van der Waals surface area contributed by atoms with Crippen LogP contribution >= 0.6 is 0 Å². The highest BCUT2D eigenvalue weighted by atomic mass is 14.1. The molecule has 0 bridgehead atoms. The third-order valence-corrected chi connectivity index (χ3v) is 8.55. The first-order chi connectivity index (χ1) is 21.7. The summed E-state index contributed by atoms with van der Waals surface area (Å²) in [4.78, 5) is 0.